The molecule has 0 saturated heterocycles. The molecule has 0 aliphatic heterocycles. The van der Waals surface area contributed by atoms with Gasteiger partial charge < -0.3 is 4.74 Å². The average molecular weight is 268 g/mol. The summed E-state index contributed by atoms with van der Waals surface area (Å²) in [6, 6.07) is 8.76. The van der Waals surface area contributed by atoms with Gasteiger partial charge in [0.2, 0.25) is 0 Å². The lowest BCUT2D eigenvalue weighted by molar-refractivity contribution is -0.00627. The Labute approximate surface area is 122 Å². The molecule has 1 heteroatoms. The standard InChI is InChI=1S/C19H24O/c1-2-7-20-18-6-4-3-5-17(18)19-11-14-8-15(12-19)10-16(9-14)13-19/h2-6,14-16H,1,7-13H2. The Bertz CT molecular complexity index is 481. The Morgan fingerprint density at radius 3 is 2.25 bits per heavy atom. The lowest BCUT2D eigenvalue weighted by Crippen LogP contribution is -2.48. The van der Waals surface area contributed by atoms with Crippen LogP contribution in [0.2, 0.25) is 0 Å². The molecule has 1 aromatic carbocycles. The summed E-state index contributed by atoms with van der Waals surface area (Å²) in [5, 5.41) is 0. The molecule has 4 fully saturated rings. The Morgan fingerprint density at radius 1 is 1.05 bits per heavy atom. The smallest absolute Gasteiger partial charge is 0.123 e. The van der Waals surface area contributed by atoms with Crippen LogP contribution in [0.4, 0.5) is 0 Å². The minimum absolute atomic E-state index is 0.423. The zero-order chi connectivity index (χ0) is 13.6. The van der Waals surface area contributed by atoms with Gasteiger partial charge >= 0.3 is 0 Å². The van der Waals surface area contributed by atoms with Crippen molar-refractivity contribution < 1.29 is 4.74 Å². The summed E-state index contributed by atoms with van der Waals surface area (Å²) in [5.74, 6) is 4.05. The molecular weight excluding hydrogens is 244 g/mol. The number of para-hydroxylation sites is 1. The van der Waals surface area contributed by atoms with Gasteiger partial charge in [-0.3, -0.25) is 0 Å². The van der Waals surface area contributed by atoms with Crippen LogP contribution in [0.25, 0.3) is 0 Å². The van der Waals surface area contributed by atoms with Crippen molar-refractivity contribution in [3.8, 4) is 5.75 Å². The van der Waals surface area contributed by atoms with Crippen molar-refractivity contribution in [2.24, 2.45) is 17.8 Å². The van der Waals surface area contributed by atoms with Gasteiger partial charge in [0.1, 0.15) is 12.4 Å². The monoisotopic (exact) mass is 268 g/mol. The lowest BCUT2D eigenvalue weighted by atomic mass is 9.48. The molecule has 20 heavy (non-hydrogen) atoms. The van der Waals surface area contributed by atoms with E-state index in [2.05, 4.69) is 30.8 Å². The van der Waals surface area contributed by atoms with E-state index >= 15 is 0 Å². The van der Waals surface area contributed by atoms with E-state index in [0.29, 0.717) is 12.0 Å². The summed E-state index contributed by atoms with van der Waals surface area (Å²) in [5.41, 5.74) is 1.91. The number of rotatable bonds is 4. The molecule has 5 rings (SSSR count). The molecule has 0 amide bonds. The van der Waals surface area contributed by atoms with Crippen molar-refractivity contribution in [2.75, 3.05) is 6.61 Å². The van der Waals surface area contributed by atoms with Gasteiger partial charge in [0, 0.05) is 5.56 Å². The molecule has 4 aliphatic carbocycles. The number of ether oxygens (including phenoxy) is 1. The zero-order valence-corrected chi connectivity index (χ0v) is 12.2. The molecule has 0 N–H and O–H groups in total. The predicted molar refractivity (Wildman–Crippen MR) is 82.0 cm³/mol. The second kappa shape index (κ2) is 4.65. The van der Waals surface area contributed by atoms with Crippen LogP contribution in [0.5, 0.6) is 5.75 Å². The SMILES string of the molecule is C=CCOc1ccccc1C12CC3CC(CC(C3)C1)C2. The predicted octanol–water partition coefficient (Wildman–Crippen LogP) is 4.72. The molecule has 0 spiro atoms. The van der Waals surface area contributed by atoms with E-state index in [-0.39, 0.29) is 0 Å². The van der Waals surface area contributed by atoms with Gasteiger partial charge in [0.05, 0.1) is 0 Å². The fourth-order valence-corrected chi connectivity index (χ4v) is 5.62. The van der Waals surface area contributed by atoms with Crippen molar-refractivity contribution in [3.05, 3.63) is 42.5 Å². The van der Waals surface area contributed by atoms with Gasteiger partial charge in [-0.25, -0.2) is 0 Å². The van der Waals surface area contributed by atoms with Crippen LogP contribution in [-0.2, 0) is 5.41 Å². The molecule has 0 unspecified atom stereocenters. The first-order valence-corrected chi connectivity index (χ1v) is 8.12. The molecule has 0 radical (unpaired) electrons. The maximum absolute atomic E-state index is 5.96. The third kappa shape index (κ3) is 1.90. The summed E-state index contributed by atoms with van der Waals surface area (Å²) >= 11 is 0. The zero-order valence-electron chi connectivity index (χ0n) is 12.2. The molecular formula is C19H24O. The highest BCUT2D eigenvalue weighted by Gasteiger charge is 2.52. The van der Waals surface area contributed by atoms with Crippen molar-refractivity contribution in [1.82, 2.24) is 0 Å². The molecule has 4 saturated carbocycles. The van der Waals surface area contributed by atoms with Crippen LogP contribution in [0.1, 0.15) is 44.1 Å². The molecule has 4 aliphatic rings. The fraction of sp³-hybridized carbons (Fsp3) is 0.579. The van der Waals surface area contributed by atoms with E-state index in [0.717, 1.165) is 23.5 Å². The fourth-order valence-electron chi connectivity index (χ4n) is 5.62. The maximum Gasteiger partial charge on any atom is 0.123 e. The van der Waals surface area contributed by atoms with Crippen LogP contribution in [0, 0.1) is 17.8 Å². The second-order valence-corrected chi connectivity index (χ2v) is 7.29. The number of hydrogen-bond donors (Lipinski definition) is 0. The molecule has 0 aromatic heterocycles. The molecule has 0 heterocycles. The van der Waals surface area contributed by atoms with Gasteiger partial charge in [-0.1, -0.05) is 30.9 Å². The Hall–Kier alpha value is -1.24. The van der Waals surface area contributed by atoms with Gasteiger partial charge in [-0.15, -0.1) is 0 Å². The normalized spacial score (nSPS) is 37.9. The molecule has 1 aromatic rings. The Morgan fingerprint density at radius 2 is 1.65 bits per heavy atom. The lowest BCUT2D eigenvalue weighted by Gasteiger charge is -2.57. The number of benzene rings is 1. The van der Waals surface area contributed by atoms with Gasteiger partial charge in [0.25, 0.3) is 0 Å². The summed E-state index contributed by atoms with van der Waals surface area (Å²) in [7, 11) is 0. The Balaban J connectivity index is 1.71. The third-order valence-electron chi connectivity index (χ3n) is 5.85. The molecule has 4 bridgehead atoms. The van der Waals surface area contributed by atoms with Crippen LogP contribution >= 0.6 is 0 Å². The van der Waals surface area contributed by atoms with E-state index in [1.807, 2.05) is 6.08 Å². The first-order valence-electron chi connectivity index (χ1n) is 8.12. The van der Waals surface area contributed by atoms with Crippen molar-refractivity contribution in [3.63, 3.8) is 0 Å². The maximum atomic E-state index is 5.96. The van der Waals surface area contributed by atoms with Gasteiger partial charge in [0.15, 0.2) is 0 Å². The summed E-state index contributed by atoms with van der Waals surface area (Å²) in [6.45, 7) is 4.39. The van der Waals surface area contributed by atoms with E-state index in [9.17, 15) is 0 Å². The van der Waals surface area contributed by atoms with E-state index in [1.54, 1.807) is 0 Å². The summed E-state index contributed by atoms with van der Waals surface area (Å²) < 4.78 is 5.96. The van der Waals surface area contributed by atoms with E-state index < -0.39 is 0 Å². The third-order valence-corrected chi connectivity index (χ3v) is 5.85. The van der Waals surface area contributed by atoms with Gasteiger partial charge in [-0.2, -0.15) is 0 Å². The van der Waals surface area contributed by atoms with E-state index in [1.165, 1.54) is 44.1 Å². The average Bonchev–Trinajstić information content (AvgIpc) is 2.44. The molecule has 106 valence electrons. The van der Waals surface area contributed by atoms with Crippen molar-refractivity contribution in [2.45, 2.75) is 43.9 Å². The van der Waals surface area contributed by atoms with Gasteiger partial charge in [-0.05, 0) is 67.8 Å². The molecule has 0 atom stereocenters. The highest BCUT2D eigenvalue weighted by atomic mass is 16.5. The minimum Gasteiger partial charge on any atom is -0.489 e. The number of hydrogen-bond acceptors (Lipinski definition) is 1. The first-order chi connectivity index (χ1) is 9.79. The highest BCUT2D eigenvalue weighted by Crippen LogP contribution is 2.61. The first kappa shape index (κ1) is 12.5. The largest absolute Gasteiger partial charge is 0.489 e. The second-order valence-electron chi connectivity index (χ2n) is 7.29. The highest BCUT2D eigenvalue weighted by molar-refractivity contribution is 5.41. The van der Waals surface area contributed by atoms with Crippen LogP contribution < -0.4 is 4.74 Å². The van der Waals surface area contributed by atoms with Crippen molar-refractivity contribution >= 4 is 0 Å². The van der Waals surface area contributed by atoms with Crippen LogP contribution in [0.3, 0.4) is 0 Å². The Kier molecular flexibility index (Phi) is 2.90. The van der Waals surface area contributed by atoms with Crippen molar-refractivity contribution in [1.29, 1.82) is 0 Å². The quantitative estimate of drug-likeness (QED) is 0.718. The van der Waals surface area contributed by atoms with Crippen LogP contribution in [0.15, 0.2) is 36.9 Å². The topological polar surface area (TPSA) is 9.23 Å². The molecule has 1 nitrogen and oxygen atoms in total. The summed E-state index contributed by atoms with van der Waals surface area (Å²) in [6.07, 6.45) is 10.5. The van der Waals surface area contributed by atoms with E-state index in [4.69, 9.17) is 4.74 Å². The minimum atomic E-state index is 0.423. The van der Waals surface area contributed by atoms with Crippen LogP contribution in [-0.4, -0.2) is 6.61 Å². The summed E-state index contributed by atoms with van der Waals surface area (Å²) in [4.78, 5) is 0.